The van der Waals surface area contributed by atoms with E-state index in [1.54, 1.807) is 14.0 Å². The lowest BCUT2D eigenvalue weighted by Gasteiger charge is -2.27. The molecule has 1 atom stereocenters. The smallest absolute Gasteiger partial charge is 0.289 e. The van der Waals surface area contributed by atoms with Crippen molar-refractivity contribution in [3.63, 3.8) is 0 Å². The van der Waals surface area contributed by atoms with E-state index >= 15 is 0 Å². The number of nitrogens with one attached hydrogen (secondary N) is 1. The second kappa shape index (κ2) is 6.40. The highest BCUT2D eigenvalue weighted by molar-refractivity contribution is 7.89. The van der Waals surface area contributed by atoms with Gasteiger partial charge in [0.15, 0.2) is 4.90 Å². The molecule has 0 aliphatic rings. The largest absolute Gasteiger partial charge is 0.388 e. The van der Waals surface area contributed by atoms with Gasteiger partial charge in [0, 0.05) is 31.9 Å². The lowest BCUT2D eigenvalue weighted by Crippen LogP contribution is -2.38. The van der Waals surface area contributed by atoms with E-state index in [9.17, 15) is 18.5 Å². The molecule has 1 N–H and O–H groups in total. The lowest BCUT2D eigenvalue weighted by molar-refractivity contribution is -0.387. The number of hydrogen-bond acceptors (Lipinski definition) is 5. The minimum absolute atomic E-state index is 0.0938. The van der Waals surface area contributed by atoms with Gasteiger partial charge in [-0.25, -0.2) is 8.42 Å². The molecule has 8 heteroatoms. The summed E-state index contributed by atoms with van der Waals surface area (Å²) < 4.78 is 26.5. The molecule has 118 valence electrons. The molecule has 7 nitrogen and oxygen atoms in total. The summed E-state index contributed by atoms with van der Waals surface area (Å²) in [4.78, 5) is 10.1. The molecule has 0 spiro atoms. The number of hydrogen-bond donors (Lipinski definition) is 1. The van der Waals surface area contributed by atoms with Gasteiger partial charge in [0.05, 0.1) is 4.92 Å². The fourth-order valence-corrected chi connectivity index (χ4v) is 3.50. The third-order valence-corrected chi connectivity index (χ3v) is 5.61. The van der Waals surface area contributed by atoms with Crippen molar-refractivity contribution in [2.45, 2.75) is 31.7 Å². The predicted octanol–water partition coefficient (Wildman–Crippen LogP) is 2.30. The van der Waals surface area contributed by atoms with Gasteiger partial charge in [0.1, 0.15) is 0 Å². The Morgan fingerprint density at radius 1 is 1.29 bits per heavy atom. The van der Waals surface area contributed by atoms with E-state index in [1.165, 1.54) is 29.6 Å². The number of nitro groups is 1. The summed E-state index contributed by atoms with van der Waals surface area (Å²) in [5, 5.41) is 13.9. The Morgan fingerprint density at radius 2 is 1.86 bits per heavy atom. The van der Waals surface area contributed by atoms with Crippen LogP contribution in [0.2, 0.25) is 0 Å². The van der Waals surface area contributed by atoms with Crippen LogP contribution >= 0.6 is 0 Å². The standard InChI is InChI=1S/C13H21N3O4S/c1-9(2)10(3)15(5)21(19,20)13-8-11(14-4)6-7-12(13)16(17)18/h6-10,14H,1-5H3. The Morgan fingerprint density at radius 3 is 2.29 bits per heavy atom. The third kappa shape index (κ3) is 3.51. The molecule has 1 aromatic rings. The summed E-state index contributed by atoms with van der Waals surface area (Å²) in [6, 6.07) is 3.69. The molecule has 1 unspecified atom stereocenters. The van der Waals surface area contributed by atoms with Crippen molar-refractivity contribution in [3.05, 3.63) is 28.3 Å². The normalized spacial score (nSPS) is 13.5. The molecule has 0 saturated carbocycles. The molecule has 21 heavy (non-hydrogen) atoms. The van der Waals surface area contributed by atoms with E-state index in [2.05, 4.69) is 5.32 Å². The van der Waals surface area contributed by atoms with Crippen LogP contribution in [0.25, 0.3) is 0 Å². The molecule has 0 radical (unpaired) electrons. The molecule has 0 fully saturated rings. The number of rotatable bonds is 6. The number of anilines is 1. The fraction of sp³-hybridized carbons (Fsp3) is 0.538. The van der Waals surface area contributed by atoms with Crippen LogP contribution < -0.4 is 5.32 Å². The number of sulfonamides is 1. The Hall–Kier alpha value is -1.67. The lowest BCUT2D eigenvalue weighted by atomic mass is 10.1. The summed E-state index contributed by atoms with van der Waals surface area (Å²) in [5.41, 5.74) is 0.0848. The van der Waals surface area contributed by atoms with Gasteiger partial charge < -0.3 is 5.32 Å². The number of nitrogens with zero attached hydrogens (tertiary/aromatic N) is 2. The van der Waals surface area contributed by atoms with E-state index in [4.69, 9.17) is 0 Å². The maximum absolute atomic E-state index is 12.7. The van der Waals surface area contributed by atoms with Crippen LogP contribution in [0.4, 0.5) is 11.4 Å². The monoisotopic (exact) mass is 315 g/mol. The second-order valence-corrected chi connectivity index (χ2v) is 7.16. The molecule has 0 bridgehead atoms. The van der Waals surface area contributed by atoms with Gasteiger partial charge in [-0.15, -0.1) is 0 Å². The average molecular weight is 315 g/mol. The maximum Gasteiger partial charge on any atom is 0.289 e. The van der Waals surface area contributed by atoms with Gasteiger partial charge in [-0.1, -0.05) is 13.8 Å². The Bertz CT molecular complexity index is 628. The molecule has 1 rings (SSSR count). The third-order valence-electron chi connectivity index (χ3n) is 3.64. The van der Waals surface area contributed by atoms with Crippen molar-refractivity contribution in [2.75, 3.05) is 19.4 Å². The highest BCUT2D eigenvalue weighted by Crippen LogP contribution is 2.30. The molecule has 0 aliphatic heterocycles. The quantitative estimate of drug-likeness (QED) is 0.642. The maximum atomic E-state index is 12.7. The van der Waals surface area contributed by atoms with Crippen LogP contribution in [0.15, 0.2) is 23.1 Å². The van der Waals surface area contributed by atoms with E-state index in [0.717, 1.165) is 0 Å². The molecular formula is C13H21N3O4S. The molecule has 0 heterocycles. The summed E-state index contributed by atoms with van der Waals surface area (Å²) >= 11 is 0. The molecule has 0 amide bonds. The molecule has 0 saturated heterocycles. The molecular weight excluding hydrogens is 294 g/mol. The zero-order chi connectivity index (χ0) is 16.4. The summed E-state index contributed by atoms with van der Waals surface area (Å²) in [5.74, 6) is 0.0938. The molecule has 0 aromatic heterocycles. The number of benzene rings is 1. The highest BCUT2D eigenvalue weighted by atomic mass is 32.2. The predicted molar refractivity (Wildman–Crippen MR) is 81.9 cm³/mol. The minimum Gasteiger partial charge on any atom is -0.388 e. The van der Waals surface area contributed by atoms with Crippen LogP contribution in [0.3, 0.4) is 0 Å². The zero-order valence-electron chi connectivity index (χ0n) is 12.8. The van der Waals surface area contributed by atoms with Crippen molar-refractivity contribution in [1.82, 2.24) is 4.31 Å². The van der Waals surface area contributed by atoms with Crippen LogP contribution in [-0.2, 0) is 10.0 Å². The highest BCUT2D eigenvalue weighted by Gasteiger charge is 2.33. The van der Waals surface area contributed by atoms with Gasteiger partial charge >= 0.3 is 0 Å². The van der Waals surface area contributed by atoms with Gasteiger partial charge in [-0.3, -0.25) is 10.1 Å². The van der Waals surface area contributed by atoms with Gasteiger partial charge in [0.25, 0.3) is 5.69 Å². The fourth-order valence-electron chi connectivity index (χ4n) is 1.82. The van der Waals surface area contributed by atoms with E-state index < -0.39 is 20.6 Å². The first-order valence-corrected chi connectivity index (χ1v) is 8.01. The SMILES string of the molecule is CNc1ccc([N+](=O)[O-])c(S(=O)(=O)N(C)C(C)C(C)C)c1. The summed E-state index contributed by atoms with van der Waals surface area (Å²) in [7, 11) is -0.877. The first kappa shape index (κ1) is 17.4. The van der Waals surface area contributed by atoms with Gasteiger partial charge in [-0.05, 0) is 25.0 Å². The van der Waals surface area contributed by atoms with Crippen LogP contribution in [0, 0.1) is 16.0 Å². The van der Waals surface area contributed by atoms with Gasteiger partial charge in [0.2, 0.25) is 10.0 Å². The van der Waals surface area contributed by atoms with Crippen molar-refractivity contribution in [3.8, 4) is 0 Å². The average Bonchev–Trinajstić information content (AvgIpc) is 2.44. The van der Waals surface area contributed by atoms with Crippen molar-refractivity contribution < 1.29 is 13.3 Å². The van der Waals surface area contributed by atoms with Crippen LogP contribution in [0.5, 0.6) is 0 Å². The second-order valence-electron chi connectivity index (χ2n) is 5.20. The number of nitro benzene ring substituents is 1. The van der Waals surface area contributed by atoms with Gasteiger partial charge in [-0.2, -0.15) is 4.31 Å². The summed E-state index contributed by atoms with van der Waals surface area (Å²) in [6.07, 6.45) is 0. The van der Waals surface area contributed by atoms with Crippen molar-refractivity contribution >= 4 is 21.4 Å². The Kier molecular flexibility index (Phi) is 5.30. The zero-order valence-corrected chi connectivity index (χ0v) is 13.6. The van der Waals surface area contributed by atoms with E-state index in [-0.39, 0.29) is 16.9 Å². The first-order valence-electron chi connectivity index (χ1n) is 6.57. The van der Waals surface area contributed by atoms with Crippen molar-refractivity contribution in [1.29, 1.82) is 0 Å². The minimum atomic E-state index is -3.94. The topological polar surface area (TPSA) is 92.5 Å². The van der Waals surface area contributed by atoms with Crippen LogP contribution in [-0.4, -0.2) is 37.8 Å². The van der Waals surface area contributed by atoms with E-state index in [1.807, 2.05) is 13.8 Å². The first-order chi connectivity index (χ1) is 9.62. The van der Waals surface area contributed by atoms with Crippen molar-refractivity contribution in [2.24, 2.45) is 5.92 Å². The summed E-state index contributed by atoms with van der Waals surface area (Å²) in [6.45, 7) is 5.57. The van der Waals surface area contributed by atoms with Crippen LogP contribution in [0.1, 0.15) is 20.8 Å². The molecule has 0 aliphatic carbocycles. The Balaban J connectivity index is 3.45. The Labute approximate surface area is 125 Å². The van der Waals surface area contributed by atoms with E-state index in [0.29, 0.717) is 5.69 Å². The molecule has 1 aromatic carbocycles.